The molecular formula is C4H9O7P. The molecule has 0 saturated heterocycles. The molecule has 72 valence electrons. The van der Waals surface area contributed by atoms with Crippen molar-refractivity contribution in [3.63, 3.8) is 0 Å². The predicted molar refractivity (Wildman–Crippen MR) is 35.6 cm³/mol. The van der Waals surface area contributed by atoms with Crippen molar-refractivity contribution in [3.05, 3.63) is 0 Å². The van der Waals surface area contributed by atoms with Gasteiger partial charge in [0.1, 0.15) is 5.78 Å². The Morgan fingerprint density at radius 3 is 2.17 bits per heavy atom. The molecule has 0 bridgehead atoms. The smallest absolute Gasteiger partial charge is 0.343 e. The highest BCUT2D eigenvalue weighted by molar-refractivity contribution is 7.46. The van der Waals surface area contributed by atoms with Crippen molar-refractivity contribution < 1.29 is 33.9 Å². The second-order valence-electron chi connectivity index (χ2n) is 2.20. The maximum Gasteiger partial charge on any atom is 0.473 e. The Labute approximate surface area is 67.8 Å². The number of carbonyl (C=O) groups is 1. The summed E-state index contributed by atoms with van der Waals surface area (Å²) >= 11 is 0. The number of aliphatic hydroxyl groups is 2. The lowest BCUT2D eigenvalue weighted by molar-refractivity contribution is -0.296. The van der Waals surface area contributed by atoms with Crippen LogP contribution >= 0.6 is 7.82 Å². The number of rotatable bonds is 4. The molecule has 12 heavy (non-hydrogen) atoms. The molecule has 0 rings (SSSR count). The summed E-state index contributed by atoms with van der Waals surface area (Å²) in [6, 6.07) is 0. The minimum atomic E-state index is -5.00. The van der Waals surface area contributed by atoms with Gasteiger partial charge in [0.05, 0.1) is 6.42 Å². The molecule has 0 radical (unpaired) electrons. The van der Waals surface area contributed by atoms with E-state index in [4.69, 9.17) is 20.0 Å². The normalized spacial score (nSPS) is 13.1. The molecule has 0 aliphatic heterocycles. The molecule has 8 heteroatoms. The molecule has 0 aromatic carbocycles. The van der Waals surface area contributed by atoms with Crippen LogP contribution < -0.4 is 0 Å². The number of phosphoric ester groups is 1. The van der Waals surface area contributed by atoms with Crippen molar-refractivity contribution in [2.75, 3.05) is 0 Å². The molecule has 0 aliphatic rings. The molecular weight excluding hydrogens is 191 g/mol. The summed E-state index contributed by atoms with van der Waals surface area (Å²) in [5.41, 5.74) is 0. The monoisotopic (exact) mass is 200 g/mol. The summed E-state index contributed by atoms with van der Waals surface area (Å²) in [4.78, 5) is 26.5. The zero-order valence-corrected chi connectivity index (χ0v) is 7.06. The van der Waals surface area contributed by atoms with Crippen LogP contribution in [0.3, 0.4) is 0 Å². The van der Waals surface area contributed by atoms with E-state index in [9.17, 15) is 9.36 Å². The third kappa shape index (κ3) is 6.41. The number of Topliss-reactive ketones (excluding diaryl/α,β-unsaturated/α-hetero) is 1. The zero-order valence-electron chi connectivity index (χ0n) is 6.17. The summed E-state index contributed by atoms with van der Waals surface area (Å²) < 4.78 is 13.6. The van der Waals surface area contributed by atoms with Gasteiger partial charge < -0.3 is 20.0 Å². The average molecular weight is 200 g/mol. The van der Waals surface area contributed by atoms with Gasteiger partial charge in [0.15, 0.2) is 0 Å². The van der Waals surface area contributed by atoms with E-state index >= 15 is 0 Å². The van der Waals surface area contributed by atoms with Crippen molar-refractivity contribution in [2.24, 2.45) is 0 Å². The van der Waals surface area contributed by atoms with Gasteiger partial charge in [-0.15, -0.1) is 0 Å². The van der Waals surface area contributed by atoms with Gasteiger partial charge in [0, 0.05) is 0 Å². The molecule has 0 unspecified atom stereocenters. The number of carbonyl (C=O) groups excluding carboxylic acids is 1. The van der Waals surface area contributed by atoms with Crippen LogP contribution in [-0.2, 0) is 13.9 Å². The van der Waals surface area contributed by atoms with Gasteiger partial charge in [-0.1, -0.05) is 0 Å². The summed E-state index contributed by atoms with van der Waals surface area (Å²) in [5, 5.41) is 17.3. The number of phosphoric acid groups is 1. The molecule has 0 fully saturated rings. The highest BCUT2D eigenvalue weighted by Gasteiger charge is 2.34. The van der Waals surface area contributed by atoms with Crippen molar-refractivity contribution in [1.82, 2.24) is 0 Å². The Bertz CT molecular complexity index is 215. The quantitative estimate of drug-likeness (QED) is 0.328. The Morgan fingerprint density at radius 2 is 1.92 bits per heavy atom. The summed E-state index contributed by atoms with van der Waals surface area (Å²) in [6.07, 6.45) is -0.905. The molecule has 7 nitrogen and oxygen atoms in total. The highest BCUT2D eigenvalue weighted by atomic mass is 31.2. The van der Waals surface area contributed by atoms with Crippen LogP contribution in [0, 0.1) is 0 Å². The van der Waals surface area contributed by atoms with Gasteiger partial charge in [-0.05, 0) is 6.92 Å². The first-order valence-corrected chi connectivity index (χ1v) is 4.36. The van der Waals surface area contributed by atoms with Crippen molar-refractivity contribution >= 4 is 13.6 Å². The lowest BCUT2D eigenvalue weighted by atomic mass is 10.3. The van der Waals surface area contributed by atoms with Gasteiger partial charge >= 0.3 is 7.82 Å². The highest BCUT2D eigenvalue weighted by Crippen LogP contribution is 2.40. The average Bonchev–Trinajstić information content (AvgIpc) is 1.48. The van der Waals surface area contributed by atoms with Crippen molar-refractivity contribution in [1.29, 1.82) is 0 Å². The maximum absolute atomic E-state index is 10.3. The molecule has 0 aliphatic carbocycles. The topological polar surface area (TPSA) is 124 Å². The van der Waals surface area contributed by atoms with Crippen LogP contribution in [0.5, 0.6) is 0 Å². The fourth-order valence-corrected chi connectivity index (χ4v) is 0.992. The second-order valence-corrected chi connectivity index (χ2v) is 3.37. The Hall–Kier alpha value is -0.300. The SMILES string of the molecule is CC(=O)CC(O)(O)OP(=O)(O)O. The van der Waals surface area contributed by atoms with E-state index in [1.54, 1.807) is 0 Å². The fraction of sp³-hybridized carbons (Fsp3) is 0.750. The molecule has 0 amide bonds. The van der Waals surface area contributed by atoms with Crippen LogP contribution in [0.4, 0.5) is 0 Å². The molecule has 0 saturated carbocycles. The standard InChI is InChI=1S/C4H9O7P/c1-3(5)2-4(6,7)11-12(8,9)10/h6-7H,2H2,1H3,(H2,8,9,10). The predicted octanol–water partition coefficient (Wildman–Crippen LogP) is -1.29. The van der Waals surface area contributed by atoms with Crippen LogP contribution in [0.25, 0.3) is 0 Å². The lowest BCUT2D eigenvalue weighted by Crippen LogP contribution is -2.32. The van der Waals surface area contributed by atoms with Crippen LogP contribution in [0.2, 0.25) is 0 Å². The Balaban J connectivity index is 4.23. The maximum atomic E-state index is 10.3. The first-order valence-electron chi connectivity index (χ1n) is 2.83. The van der Waals surface area contributed by atoms with Crippen molar-refractivity contribution in [2.45, 2.75) is 19.3 Å². The van der Waals surface area contributed by atoms with E-state index < -0.39 is 26.0 Å². The molecule has 0 spiro atoms. The number of hydrogen-bond donors (Lipinski definition) is 4. The lowest BCUT2D eigenvalue weighted by Gasteiger charge is -2.19. The zero-order chi connectivity index (χ0) is 9.99. The van der Waals surface area contributed by atoms with Crippen molar-refractivity contribution in [3.8, 4) is 0 Å². The fourth-order valence-electron chi connectivity index (χ4n) is 0.547. The molecule has 0 heterocycles. The minimum Gasteiger partial charge on any atom is -0.343 e. The second kappa shape index (κ2) is 3.61. The van der Waals surface area contributed by atoms with E-state index in [1.165, 1.54) is 0 Å². The molecule has 0 aromatic heterocycles. The first-order chi connectivity index (χ1) is 5.12. The largest absolute Gasteiger partial charge is 0.473 e. The van der Waals surface area contributed by atoms with E-state index in [1.807, 2.05) is 0 Å². The third-order valence-corrected chi connectivity index (χ3v) is 1.27. The van der Waals surface area contributed by atoms with Gasteiger partial charge in [0.25, 0.3) is 5.97 Å². The van der Waals surface area contributed by atoms with Crippen LogP contribution in [0.15, 0.2) is 0 Å². The van der Waals surface area contributed by atoms with Crippen LogP contribution in [-0.4, -0.2) is 31.8 Å². The van der Waals surface area contributed by atoms with Gasteiger partial charge in [-0.2, -0.15) is 0 Å². The first kappa shape index (κ1) is 11.7. The van der Waals surface area contributed by atoms with Gasteiger partial charge in [0.2, 0.25) is 0 Å². The van der Waals surface area contributed by atoms with Gasteiger partial charge in [-0.3, -0.25) is 4.79 Å². The van der Waals surface area contributed by atoms with Gasteiger partial charge in [-0.25, -0.2) is 9.09 Å². The summed E-state index contributed by atoms with van der Waals surface area (Å²) in [7, 11) is -5.00. The Kier molecular flexibility index (Phi) is 3.52. The number of hydrogen-bond acceptors (Lipinski definition) is 5. The van der Waals surface area contributed by atoms with Crippen LogP contribution in [0.1, 0.15) is 13.3 Å². The summed E-state index contributed by atoms with van der Waals surface area (Å²) in [5.74, 6) is -3.78. The van der Waals surface area contributed by atoms with E-state index in [0.717, 1.165) is 6.92 Å². The Morgan fingerprint density at radius 1 is 1.50 bits per heavy atom. The van der Waals surface area contributed by atoms with E-state index in [2.05, 4.69) is 4.52 Å². The summed E-state index contributed by atoms with van der Waals surface area (Å²) in [6.45, 7) is 1.02. The number of ketones is 1. The third-order valence-electron chi connectivity index (χ3n) is 0.744. The molecule has 0 aromatic rings. The van der Waals surface area contributed by atoms with E-state index in [0.29, 0.717) is 0 Å². The minimum absolute atomic E-state index is 0.673. The molecule has 0 atom stereocenters. The van der Waals surface area contributed by atoms with E-state index in [-0.39, 0.29) is 0 Å². The molecule has 4 N–H and O–H groups in total.